The van der Waals surface area contributed by atoms with Crippen molar-refractivity contribution in [2.24, 2.45) is 0 Å². The van der Waals surface area contributed by atoms with Crippen LogP contribution < -0.4 is 10.9 Å². The van der Waals surface area contributed by atoms with Gasteiger partial charge in [0.15, 0.2) is 0 Å². The molecule has 1 heterocycles. The van der Waals surface area contributed by atoms with Gasteiger partial charge in [0.25, 0.3) is 5.56 Å². The third kappa shape index (κ3) is 2.67. The van der Waals surface area contributed by atoms with Crippen LogP contribution in [0.25, 0.3) is 10.9 Å². The van der Waals surface area contributed by atoms with Crippen molar-refractivity contribution in [3.8, 4) is 0 Å². The van der Waals surface area contributed by atoms with E-state index in [2.05, 4.69) is 10.3 Å². The fourth-order valence-electron chi connectivity index (χ4n) is 1.98. The molecule has 5 nitrogen and oxygen atoms in total. The minimum Gasteiger partial charge on any atom is -0.358 e. The number of alkyl halides is 1. The molecule has 106 valence electrons. The summed E-state index contributed by atoms with van der Waals surface area (Å²) in [7, 11) is 1.53. The van der Waals surface area contributed by atoms with Gasteiger partial charge in [0, 0.05) is 7.05 Å². The van der Waals surface area contributed by atoms with Gasteiger partial charge in [0.1, 0.15) is 12.4 Å². The fourth-order valence-corrected chi connectivity index (χ4v) is 2.15. The lowest BCUT2D eigenvalue weighted by Gasteiger charge is -2.15. The number of fused-ring (bicyclic) bond motifs is 1. The Bertz CT molecular complexity index is 696. The number of benzene rings is 1. The lowest BCUT2D eigenvalue weighted by Crippen LogP contribution is -2.33. The van der Waals surface area contributed by atoms with Crippen LogP contribution in [-0.4, -0.2) is 22.5 Å². The molecule has 0 bridgehead atoms. The average Bonchev–Trinajstić information content (AvgIpc) is 2.48. The molecule has 0 saturated heterocycles. The van der Waals surface area contributed by atoms with Crippen molar-refractivity contribution in [1.82, 2.24) is 14.9 Å². The van der Waals surface area contributed by atoms with Gasteiger partial charge in [-0.05, 0) is 18.6 Å². The van der Waals surface area contributed by atoms with E-state index in [-0.39, 0.29) is 18.0 Å². The summed E-state index contributed by atoms with van der Waals surface area (Å²) in [6.07, 6.45) is 0.625. The van der Waals surface area contributed by atoms with Gasteiger partial charge in [-0.15, -0.1) is 11.6 Å². The highest BCUT2D eigenvalue weighted by atomic mass is 35.5. The molecule has 0 fully saturated rings. The summed E-state index contributed by atoms with van der Waals surface area (Å²) in [4.78, 5) is 28.5. The molecule has 0 aliphatic rings. The maximum atomic E-state index is 12.5. The second kappa shape index (κ2) is 6.05. The second-order valence-electron chi connectivity index (χ2n) is 4.43. The first-order valence-electron chi connectivity index (χ1n) is 6.42. The molecule has 1 atom stereocenters. The molecule has 20 heavy (non-hydrogen) atoms. The standard InChI is InChI=1S/C14H16ClN3O2/c1-3-10(15)13-17-11-7-5-4-6-9(11)14(20)18(13)8-12(19)16-2/h4-7,10H,3,8H2,1-2H3,(H,16,19). The van der Waals surface area contributed by atoms with Gasteiger partial charge in [0.2, 0.25) is 5.91 Å². The molecular weight excluding hydrogens is 278 g/mol. The van der Waals surface area contributed by atoms with Gasteiger partial charge in [0.05, 0.1) is 16.3 Å². The van der Waals surface area contributed by atoms with Gasteiger partial charge in [-0.2, -0.15) is 0 Å². The molecule has 2 aromatic rings. The van der Waals surface area contributed by atoms with Crippen molar-refractivity contribution >= 4 is 28.4 Å². The number of halogens is 1. The number of likely N-dealkylation sites (N-methyl/N-ethyl adjacent to an activating group) is 1. The van der Waals surface area contributed by atoms with Crippen LogP contribution in [0.1, 0.15) is 24.5 Å². The Labute approximate surface area is 121 Å². The summed E-state index contributed by atoms with van der Waals surface area (Å²) in [5, 5.41) is 2.58. The molecule has 6 heteroatoms. The van der Waals surface area contributed by atoms with Crippen molar-refractivity contribution in [3.63, 3.8) is 0 Å². The molecule has 1 N–H and O–H groups in total. The largest absolute Gasteiger partial charge is 0.358 e. The highest BCUT2D eigenvalue weighted by molar-refractivity contribution is 6.20. The number of nitrogens with one attached hydrogen (secondary N) is 1. The van der Waals surface area contributed by atoms with Gasteiger partial charge in [-0.1, -0.05) is 19.1 Å². The zero-order valence-electron chi connectivity index (χ0n) is 11.4. The third-order valence-electron chi connectivity index (χ3n) is 3.11. The Morgan fingerprint density at radius 1 is 1.45 bits per heavy atom. The van der Waals surface area contributed by atoms with Crippen LogP contribution in [0.3, 0.4) is 0 Å². The van der Waals surface area contributed by atoms with Crippen LogP contribution in [0.4, 0.5) is 0 Å². The summed E-state index contributed by atoms with van der Waals surface area (Å²) in [5.74, 6) is 0.173. The molecule has 0 radical (unpaired) electrons. The van der Waals surface area contributed by atoms with Crippen LogP contribution in [0.5, 0.6) is 0 Å². The summed E-state index contributed by atoms with van der Waals surface area (Å²) < 4.78 is 1.35. The van der Waals surface area contributed by atoms with Crippen molar-refractivity contribution in [2.45, 2.75) is 25.3 Å². The topological polar surface area (TPSA) is 64.0 Å². The van der Waals surface area contributed by atoms with E-state index in [1.165, 1.54) is 11.6 Å². The number of amides is 1. The molecule has 1 aromatic carbocycles. The molecule has 0 saturated carbocycles. The molecule has 1 unspecified atom stereocenters. The smallest absolute Gasteiger partial charge is 0.261 e. The van der Waals surface area contributed by atoms with E-state index in [4.69, 9.17) is 11.6 Å². The number of rotatable bonds is 4. The zero-order valence-corrected chi connectivity index (χ0v) is 12.1. The van der Waals surface area contributed by atoms with E-state index in [0.29, 0.717) is 23.1 Å². The second-order valence-corrected chi connectivity index (χ2v) is 4.95. The number of carbonyl (C=O) groups excluding carboxylic acids is 1. The minimum atomic E-state index is -0.406. The van der Waals surface area contributed by atoms with E-state index in [1.54, 1.807) is 18.2 Å². The average molecular weight is 294 g/mol. The van der Waals surface area contributed by atoms with E-state index < -0.39 is 5.38 Å². The molecule has 2 rings (SSSR count). The van der Waals surface area contributed by atoms with E-state index in [9.17, 15) is 9.59 Å². The predicted molar refractivity (Wildman–Crippen MR) is 79.0 cm³/mol. The number of hydrogen-bond acceptors (Lipinski definition) is 3. The maximum absolute atomic E-state index is 12.5. The highest BCUT2D eigenvalue weighted by Crippen LogP contribution is 2.22. The third-order valence-corrected chi connectivity index (χ3v) is 3.61. The monoisotopic (exact) mass is 293 g/mol. The van der Waals surface area contributed by atoms with Crippen LogP contribution in [-0.2, 0) is 11.3 Å². The lowest BCUT2D eigenvalue weighted by atomic mass is 10.2. The van der Waals surface area contributed by atoms with Gasteiger partial charge in [-0.3, -0.25) is 14.2 Å². The Balaban J connectivity index is 2.70. The van der Waals surface area contributed by atoms with E-state index in [1.807, 2.05) is 13.0 Å². The number of aromatic nitrogens is 2. The maximum Gasteiger partial charge on any atom is 0.261 e. The Morgan fingerprint density at radius 3 is 2.80 bits per heavy atom. The van der Waals surface area contributed by atoms with E-state index >= 15 is 0 Å². The predicted octanol–water partition coefficient (Wildman–Crippen LogP) is 1.83. The summed E-state index contributed by atoms with van der Waals surface area (Å²) in [5.41, 5.74) is 0.355. The highest BCUT2D eigenvalue weighted by Gasteiger charge is 2.18. The quantitative estimate of drug-likeness (QED) is 0.875. The molecule has 1 amide bonds. The SMILES string of the molecule is CCC(Cl)c1nc2ccccc2c(=O)n1CC(=O)NC. The summed E-state index contributed by atoms with van der Waals surface area (Å²) >= 11 is 6.24. The Morgan fingerprint density at radius 2 is 2.15 bits per heavy atom. The number of nitrogens with zero attached hydrogens (tertiary/aromatic N) is 2. The van der Waals surface area contributed by atoms with Gasteiger partial charge < -0.3 is 5.32 Å². The first-order valence-corrected chi connectivity index (χ1v) is 6.86. The van der Waals surface area contributed by atoms with Crippen molar-refractivity contribution in [3.05, 3.63) is 40.4 Å². The fraction of sp³-hybridized carbons (Fsp3) is 0.357. The molecule has 0 spiro atoms. The minimum absolute atomic E-state index is 0.0777. The summed E-state index contributed by atoms with van der Waals surface area (Å²) in [6.45, 7) is 1.83. The van der Waals surface area contributed by atoms with Crippen LogP contribution in [0, 0.1) is 0 Å². The Kier molecular flexibility index (Phi) is 4.39. The van der Waals surface area contributed by atoms with Crippen molar-refractivity contribution in [2.75, 3.05) is 7.05 Å². The lowest BCUT2D eigenvalue weighted by molar-refractivity contribution is -0.121. The normalized spacial score (nSPS) is 12.3. The number of hydrogen-bond donors (Lipinski definition) is 1. The zero-order chi connectivity index (χ0) is 14.7. The van der Waals surface area contributed by atoms with Crippen LogP contribution >= 0.6 is 11.6 Å². The van der Waals surface area contributed by atoms with Crippen molar-refractivity contribution < 1.29 is 4.79 Å². The van der Waals surface area contributed by atoms with Crippen LogP contribution in [0.15, 0.2) is 29.1 Å². The summed E-state index contributed by atoms with van der Waals surface area (Å²) in [6, 6.07) is 7.05. The first-order chi connectivity index (χ1) is 9.58. The van der Waals surface area contributed by atoms with Crippen LogP contribution in [0.2, 0.25) is 0 Å². The molecule has 1 aromatic heterocycles. The Hall–Kier alpha value is -1.88. The molecular formula is C14H16ClN3O2. The molecule has 0 aliphatic carbocycles. The van der Waals surface area contributed by atoms with E-state index in [0.717, 1.165) is 0 Å². The van der Waals surface area contributed by atoms with Crippen molar-refractivity contribution in [1.29, 1.82) is 0 Å². The molecule has 0 aliphatic heterocycles. The number of carbonyl (C=O) groups is 1. The van der Waals surface area contributed by atoms with Gasteiger partial charge in [-0.25, -0.2) is 4.98 Å². The first kappa shape index (κ1) is 14.5. The number of para-hydroxylation sites is 1. The van der Waals surface area contributed by atoms with Gasteiger partial charge >= 0.3 is 0 Å².